The Morgan fingerprint density at radius 1 is 0.914 bits per heavy atom. The summed E-state index contributed by atoms with van der Waals surface area (Å²) in [6, 6.07) is 18.4. The molecule has 0 bridgehead atoms. The third-order valence-corrected chi connectivity index (χ3v) is 6.13. The van der Waals surface area contributed by atoms with Crippen LogP contribution in [0.5, 0.6) is 11.5 Å². The summed E-state index contributed by atoms with van der Waals surface area (Å²) in [5.74, 6) is 0.330. The van der Waals surface area contributed by atoms with Gasteiger partial charge in [-0.15, -0.1) is 0 Å². The molecular formula is C28H26N2O4S. The van der Waals surface area contributed by atoms with Crippen LogP contribution in [0.1, 0.15) is 27.8 Å². The van der Waals surface area contributed by atoms with E-state index in [0.29, 0.717) is 29.4 Å². The fourth-order valence-corrected chi connectivity index (χ4v) is 4.32. The summed E-state index contributed by atoms with van der Waals surface area (Å²) in [7, 11) is 1.56. The zero-order valence-corrected chi connectivity index (χ0v) is 20.9. The molecule has 35 heavy (non-hydrogen) atoms. The molecule has 1 saturated heterocycles. The molecule has 3 aromatic carbocycles. The van der Waals surface area contributed by atoms with Crippen molar-refractivity contribution in [2.75, 3.05) is 12.0 Å². The van der Waals surface area contributed by atoms with Gasteiger partial charge in [0.05, 0.1) is 12.8 Å². The van der Waals surface area contributed by atoms with Gasteiger partial charge < -0.3 is 9.47 Å². The Hall–Kier alpha value is -3.97. The fraction of sp³-hybridized carbons (Fsp3) is 0.179. The first-order valence-electron chi connectivity index (χ1n) is 11.1. The van der Waals surface area contributed by atoms with Gasteiger partial charge in [0.15, 0.2) is 5.11 Å². The number of aryl methyl sites for hydroxylation is 3. The third kappa shape index (κ3) is 5.25. The summed E-state index contributed by atoms with van der Waals surface area (Å²) < 4.78 is 11.2. The number of rotatable bonds is 6. The van der Waals surface area contributed by atoms with Gasteiger partial charge in [-0.1, -0.05) is 29.8 Å². The molecule has 4 rings (SSSR count). The van der Waals surface area contributed by atoms with Crippen LogP contribution >= 0.6 is 12.2 Å². The minimum absolute atomic E-state index is 0.00556. The van der Waals surface area contributed by atoms with Crippen molar-refractivity contribution in [3.63, 3.8) is 0 Å². The number of amides is 2. The summed E-state index contributed by atoms with van der Waals surface area (Å²) in [5.41, 5.74) is 6.02. The molecule has 0 saturated carbocycles. The van der Waals surface area contributed by atoms with Crippen LogP contribution < -0.4 is 19.7 Å². The van der Waals surface area contributed by atoms with E-state index >= 15 is 0 Å². The number of carbonyl (C=O) groups is 2. The minimum atomic E-state index is -0.532. The van der Waals surface area contributed by atoms with E-state index in [-0.39, 0.29) is 10.7 Å². The third-order valence-electron chi connectivity index (χ3n) is 5.85. The van der Waals surface area contributed by atoms with Gasteiger partial charge >= 0.3 is 0 Å². The van der Waals surface area contributed by atoms with E-state index in [0.717, 1.165) is 0 Å². The smallest absolute Gasteiger partial charge is 0.270 e. The van der Waals surface area contributed by atoms with Gasteiger partial charge in [-0.2, -0.15) is 0 Å². The van der Waals surface area contributed by atoms with Gasteiger partial charge in [-0.25, -0.2) is 0 Å². The summed E-state index contributed by atoms with van der Waals surface area (Å²) in [6.07, 6.45) is 1.55. The Labute approximate surface area is 210 Å². The van der Waals surface area contributed by atoms with Crippen molar-refractivity contribution in [2.24, 2.45) is 0 Å². The van der Waals surface area contributed by atoms with E-state index in [9.17, 15) is 9.59 Å². The number of anilines is 1. The summed E-state index contributed by atoms with van der Waals surface area (Å²) in [5, 5.41) is 2.63. The van der Waals surface area contributed by atoms with Crippen molar-refractivity contribution in [2.45, 2.75) is 27.4 Å². The molecule has 0 unspecified atom stereocenters. The van der Waals surface area contributed by atoms with Crippen LogP contribution in [0.15, 0.2) is 66.2 Å². The van der Waals surface area contributed by atoms with Gasteiger partial charge in [0.1, 0.15) is 23.7 Å². The predicted molar refractivity (Wildman–Crippen MR) is 141 cm³/mol. The number of thiocarbonyl (C=S) groups is 1. The minimum Gasteiger partial charge on any atom is -0.497 e. The largest absolute Gasteiger partial charge is 0.497 e. The lowest BCUT2D eigenvalue weighted by molar-refractivity contribution is -0.122. The molecule has 1 aliphatic rings. The molecule has 7 heteroatoms. The number of ether oxygens (including phenoxy) is 2. The summed E-state index contributed by atoms with van der Waals surface area (Å²) in [4.78, 5) is 27.0. The molecule has 1 heterocycles. The molecule has 1 N–H and O–H groups in total. The molecule has 3 aromatic rings. The molecule has 0 spiro atoms. The zero-order valence-electron chi connectivity index (χ0n) is 20.0. The topological polar surface area (TPSA) is 67.9 Å². The molecule has 6 nitrogen and oxygen atoms in total. The van der Waals surface area contributed by atoms with Crippen molar-refractivity contribution in [3.8, 4) is 11.5 Å². The van der Waals surface area contributed by atoms with E-state index in [1.54, 1.807) is 37.5 Å². The maximum absolute atomic E-state index is 13.2. The van der Waals surface area contributed by atoms with Crippen LogP contribution in [0.25, 0.3) is 6.08 Å². The van der Waals surface area contributed by atoms with E-state index in [2.05, 4.69) is 38.2 Å². The molecule has 1 fully saturated rings. The van der Waals surface area contributed by atoms with Crippen molar-refractivity contribution in [3.05, 3.63) is 94.1 Å². The van der Waals surface area contributed by atoms with E-state index < -0.39 is 11.8 Å². The summed E-state index contributed by atoms with van der Waals surface area (Å²) in [6.45, 7) is 6.72. The lowest BCUT2D eigenvalue weighted by Crippen LogP contribution is -2.54. The van der Waals surface area contributed by atoms with Crippen LogP contribution in [0.4, 0.5) is 5.69 Å². The first-order chi connectivity index (χ1) is 16.8. The van der Waals surface area contributed by atoms with Crippen molar-refractivity contribution >= 4 is 40.9 Å². The van der Waals surface area contributed by atoms with Crippen molar-refractivity contribution < 1.29 is 19.1 Å². The van der Waals surface area contributed by atoms with Crippen molar-refractivity contribution in [1.29, 1.82) is 0 Å². The first kappa shape index (κ1) is 24.2. The maximum atomic E-state index is 13.2. The standard InChI is InChI=1S/C28H26N2O4S/c1-17-13-18(2)25(19(3)14-17)16-34-23-9-5-20(6-10-23)15-24-26(31)29-28(35)30(27(24)32)21-7-11-22(33-4)12-8-21/h5-15H,16H2,1-4H3,(H,29,31,35)/b24-15+. The number of benzene rings is 3. The lowest BCUT2D eigenvalue weighted by atomic mass is 10.0. The number of nitrogens with one attached hydrogen (secondary N) is 1. The Morgan fingerprint density at radius 3 is 2.11 bits per heavy atom. The molecule has 2 amide bonds. The van der Waals surface area contributed by atoms with Gasteiger partial charge in [0.2, 0.25) is 0 Å². The number of hydrogen-bond donors (Lipinski definition) is 1. The highest BCUT2D eigenvalue weighted by Gasteiger charge is 2.34. The SMILES string of the molecule is COc1ccc(N2C(=O)/C(=C/c3ccc(OCc4c(C)cc(C)cc4C)cc3)C(=O)NC2=S)cc1. The highest BCUT2D eigenvalue weighted by molar-refractivity contribution is 7.80. The predicted octanol–water partition coefficient (Wildman–Crippen LogP) is 5.03. The average molecular weight is 487 g/mol. The van der Waals surface area contributed by atoms with Gasteiger partial charge in [-0.05, 0) is 97.7 Å². The number of hydrogen-bond acceptors (Lipinski definition) is 5. The average Bonchev–Trinajstić information content (AvgIpc) is 2.82. The monoisotopic (exact) mass is 486 g/mol. The zero-order chi connectivity index (χ0) is 25.1. The molecule has 178 valence electrons. The van der Waals surface area contributed by atoms with Crippen LogP contribution in [-0.4, -0.2) is 24.0 Å². The Balaban J connectivity index is 1.51. The Bertz CT molecular complexity index is 1310. The van der Waals surface area contributed by atoms with Crippen LogP contribution in [0, 0.1) is 20.8 Å². The molecular weight excluding hydrogens is 460 g/mol. The molecule has 1 aliphatic heterocycles. The number of nitrogens with zero attached hydrogens (tertiary/aromatic N) is 1. The molecule has 0 aliphatic carbocycles. The van der Waals surface area contributed by atoms with Gasteiger partial charge in [-0.3, -0.25) is 19.8 Å². The first-order valence-corrected chi connectivity index (χ1v) is 11.5. The van der Waals surface area contributed by atoms with E-state index in [4.69, 9.17) is 21.7 Å². The van der Waals surface area contributed by atoms with Crippen LogP contribution in [0.3, 0.4) is 0 Å². The normalized spacial score (nSPS) is 14.8. The number of carbonyl (C=O) groups excluding carboxylic acids is 2. The molecule has 0 atom stereocenters. The van der Waals surface area contributed by atoms with Gasteiger partial charge in [0.25, 0.3) is 11.8 Å². The Kier molecular flexibility index (Phi) is 6.98. The second kappa shape index (κ2) is 10.1. The molecule has 0 radical (unpaired) electrons. The van der Waals surface area contributed by atoms with Crippen LogP contribution in [0.2, 0.25) is 0 Å². The van der Waals surface area contributed by atoms with E-state index in [1.165, 1.54) is 27.2 Å². The lowest BCUT2D eigenvalue weighted by Gasteiger charge is -2.29. The number of methoxy groups -OCH3 is 1. The van der Waals surface area contributed by atoms with Crippen molar-refractivity contribution in [1.82, 2.24) is 5.32 Å². The summed E-state index contributed by atoms with van der Waals surface area (Å²) >= 11 is 5.25. The van der Waals surface area contributed by atoms with Crippen LogP contribution in [-0.2, 0) is 16.2 Å². The highest BCUT2D eigenvalue weighted by Crippen LogP contribution is 2.25. The molecule has 0 aromatic heterocycles. The second-order valence-corrected chi connectivity index (χ2v) is 8.78. The van der Waals surface area contributed by atoms with E-state index in [1.807, 2.05) is 24.3 Å². The fourth-order valence-electron chi connectivity index (χ4n) is 4.04. The van der Waals surface area contributed by atoms with Gasteiger partial charge in [0, 0.05) is 0 Å². The highest BCUT2D eigenvalue weighted by atomic mass is 32.1. The second-order valence-electron chi connectivity index (χ2n) is 8.39. The maximum Gasteiger partial charge on any atom is 0.270 e. The Morgan fingerprint density at radius 2 is 1.51 bits per heavy atom. The quantitative estimate of drug-likeness (QED) is 0.301.